The fourth-order valence-corrected chi connectivity index (χ4v) is 2.61. The van der Waals surface area contributed by atoms with Gasteiger partial charge in [0.25, 0.3) is 0 Å². The first kappa shape index (κ1) is 15.2. The van der Waals surface area contributed by atoms with Gasteiger partial charge in [0, 0.05) is 23.2 Å². The molecule has 0 spiro atoms. The monoisotopic (exact) mass is 309 g/mol. The maximum atomic E-state index is 9.92. The molecular formula is C16H17Cl2NO. The molecule has 0 aliphatic rings. The molecule has 0 bridgehead atoms. The van der Waals surface area contributed by atoms with Gasteiger partial charge in [-0.05, 0) is 31.5 Å². The second-order valence-corrected chi connectivity index (χ2v) is 5.76. The summed E-state index contributed by atoms with van der Waals surface area (Å²) in [5.41, 5.74) is 3.13. The first-order valence-corrected chi connectivity index (χ1v) is 7.20. The molecule has 0 radical (unpaired) electrons. The Morgan fingerprint density at radius 1 is 1.20 bits per heavy atom. The molecule has 0 fully saturated rings. The molecular weight excluding hydrogens is 293 g/mol. The molecule has 0 aliphatic heterocycles. The van der Waals surface area contributed by atoms with Gasteiger partial charge in [0.2, 0.25) is 0 Å². The Kier molecular flexibility index (Phi) is 4.92. The first-order valence-electron chi connectivity index (χ1n) is 6.44. The third-order valence-corrected chi connectivity index (χ3v) is 3.75. The average molecular weight is 310 g/mol. The minimum Gasteiger partial charge on any atom is -0.506 e. The molecule has 0 aromatic heterocycles. The normalized spacial score (nSPS) is 12.4. The second kappa shape index (κ2) is 6.49. The Labute approximate surface area is 129 Å². The fourth-order valence-electron chi connectivity index (χ4n) is 2.07. The highest BCUT2D eigenvalue weighted by atomic mass is 35.5. The summed E-state index contributed by atoms with van der Waals surface area (Å²) < 4.78 is 0. The standard InChI is InChI=1S/C16H17Cl2NO/c1-10-4-3-5-12(6-10)11(2)19-9-13-7-14(17)8-15(18)16(13)20/h3-8,11,19-20H,9H2,1-2H3/t11-/m0/s1. The minimum atomic E-state index is 0.0833. The van der Waals surface area contributed by atoms with Crippen LogP contribution in [-0.2, 0) is 6.54 Å². The van der Waals surface area contributed by atoms with Gasteiger partial charge < -0.3 is 10.4 Å². The summed E-state index contributed by atoms with van der Waals surface area (Å²) in [5.74, 6) is 0.0833. The van der Waals surface area contributed by atoms with Gasteiger partial charge in [0.15, 0.2) is 0 Å². The molecule has 0 saturated heterocycles. The summed E-state index contributed by atoms with van der Waals surface area (Å²) >= 11 is 11.9. The zero-order valence-electron chi connectivity index (χ0n) is 11.5. The lowest BCUT2D eigenvalue weighted by Crippen LogP contribution is -2.18. The van der Waals surface area contributed by atoms with Crippen LogP contribution in [0.2, 0.25) is 10.0 Å². The smallest absolute Gasteiger partial charge is 0.138 e. The predicted molar refractivity (Wildman–Crippen MR) is 84.6 cm³/mol. The van der Waals surface area contributed by atoms with Gasteiger partial charge in [-0.15, -0.1) is 0 Å². The van der Waals surface area contributed by atoms with Gasteiger partial charge in [-0.25, -0.2) is 0 Å². The van der Waals surface area contributed by atoms with Crippen molar-refractivity contribution in [1.82, 2.24) is 5.32 Å². The molecule has 0 saturated carbocycles. The molecule has 0 unspecified atom stereocenters. The van der Waals surface area contributed by atoms with E-state index < -0.39 is 0 Å². The van der Waals surface area contributed by atoms with Gasteiger partial charge in [0.1, 0.15) is 5.75 Å². The van der Waals surface area contributed by atoms with E-state index in [0.29, 0.717) is 17.1 Å². The number of hydrogen-bond acceptors (Lipinski definition) is 2. The molecule has 4 heteroatoms. The summed E-state index contributed by atoms with van der Waals surface area (Å²) in [5, 5.41) is 14.1. The lowest BCUT2D eigenvalue weighted by Gasteiger charge is -2.16. The van der Waals surface area contributed by atoms with Crippen molar-refractivity contribution in [2.24, 2.45) is 0 Å². The van der Waals surface area contributed by atoms with Crippen LogP contribution >= 0.6 is 23.2 Å². The number of rotatable bonds is 4. The number of nitrogens with one attached hydrogen (secondary N) is 1. The maximum absolute atomic E-state index is 9.92. The molecule has 0 aliphatic carbocycles. The lowest BCUT2D eigenvalue weighted by molar-refractivity contribution is 0.460. The van der Waals surface area contributed by atoms with Gasteiger partial charge in [-0.1, -0.05) is 53.0 Å². The maximum Gasteiger partial charge on any atom is 0.138 e. The summed E-state index contributed by atoms with van der Waals surface area (Å²) in [6, 6.07) is 11.8. The molecule has 2 rings (SSSR count). The molecule has 0 amide bonds. The Hall–Kier alpha value is -1.22. The number of phenolic OH excluding ortho intramolecular Hbond substituents is 1. The number of hydrogen-bond donors (Lipinski definition) is 2. The molecule has 2 aromatic rings. The van der Waals surface area contributed by atoms with Crippen LogP contribution in [0, 0.1) is 6.92 Å². The van der Waals surface area contributed by atoms with Crippen molar-refractivity contribution >= 4 is 23.2 Å². The highest BCUT2D eigenvalue weighted by molar-refractivity contribution is 6.35. The van der Waals surface area contributed by atoms with Crippen molar-refractivity contribution in [1.29, 1.82) is 0 Å². The molecule has 20 heavy (non-hydrogen) atoms. The Bertz CT molecular complexity index is 613. The molecule has 1 atom stereocenters. The van der Waals surface area contributed by atoms with E-state index in [1.807, 2.05) is 6.07 Å². The van der Waals surface area contributed by atoms with Crippen molar-refractivity contribution < 1.29 is 5.11 Å². The zero-order valence-corrected chi connectivity index (χ0v) is 13.0. The van der Waals surface area contributed by atoms with Crippen molar-refractivity contribution in [2.75, 3.05) is 0 Å². The van der Waals surface area contributed by atoms with Crippen molar-refractivity contribution in [2.45, 2.75) is 26.4 Å². The number of halogens is 2. The summed E-state index contributed by atoms with van der Waals surface area (Å²) in [7, 11) is 0. The molecule has 2 aromatic carbocycles. The Balaban J connectivity index is 2.09. The van der Waals surface area contributed by atoms with Gasteiger partial charge in [-0.2, -0.15) is 0 Å². The van der Waals surface area contributed by atoms with Gasteiger partial charge >= 0.3 is 0 Å². The van der Waals surface area contributed by atoms with Crippen LogP contribution in [0.5, 0.6) is 5.75 Å². The number of phenols is 1. The van der Waals surface area contributed by atoms with E-state index in [4.69, 9.17) is 23.2 Å². The summed E-state index contributed by atoms with van der Waals surface area (Å²) in [6.07, 6.45) is 0. The van der Waals surface area contributed by atoms with Gasteiger partial charge in [0.05, 0.1) is 5.02 Å². The average Bonchev–Trinajstić information content (AvgIpc) is 2.40. The highest BCUT2D eigenvalue weighted by Crippen LogP contribution is 2.31. The second-order valence-electron chi connectivity index (χ2n) is 4.91. The minimum absolute atomic E-state index is 0.0833. The van der Waals surface area contributed by atoms with Crippen LogP contribution < -0.4 is 5.32 Å². The molecule has 2 N–H and O–H groups in total. The first-order chi connectivity index (χ1) is 9.47. The van der Waals surface area contributed by atoms with Crippen LogP contribution in [0.15, 0.2) is 36.4 Å². The van der Waals surface area contributed by atoms with E-state index in [9.17, 15) is 5.11 Å². The quantitative estimate of drug-likeness (QED) is 0.845. The summed E-state index contributed by atoms with van der Waals surface area (Å²) in [4.78, 5) is 0. The highest BCUT2D eigenvalue weighted by Gasteiger charge is 2.10. The zero-order chi connectivity index (χ0) is 14.7. The van der Waals surface area contributed by atoms with Crippen LogP contribution in [-0.4, -0.2) is 5.11 Å². The van der Waals surface area contributed by atoms with Crippen molar-refractivity contribution in [3.63, 3.8) is 0 Å². The third kappa shape index (κ3) is 3.66. The van der Waals surface area contributed by atoms with Crippen LogP contribution in [0.25, 0.3) is 0 Å². The number of aryl methyl sites for hydroxylation is 1. The third-order valence-electron chi connectivity index (χ3n) is 3.25. The van der Waals surface area contributed by atoms with E-state index in [1.54, 1.807) is 6.07 Å². The topological polar surface area (TPSA) is 32.3 Å². The van der Waals surface area contributed by atoms with Crippen molar-refractivity contribution in [3.8, 4) is 5.75 Å². The van der Waals surface area contributed by atoms with Crippen LogP contribution in [0.3, 0.4) is 0 Å². The number of benzene rings is 2. The Morgan fingerprint density at radius 3 is 2.65 bits per heavy atom. The van der Waals surface area contributed by atoms with E-state index in [-0.39, 0.29) is 16.8 Å². The predicted octanol–water partition coefficient (Wildman–Crippen LogP) is 4.86. The van der Waals surface area contributed by atoms with E-state index in [1.165, 1.54) is 17.2 Å². The SMILES string of the molecule is Cc1cccc([C@H](C)NCc2cc(Cl)cc(Cl)c2O)c1. The number of aromatic hydroxyl groups is 1. The van der Waals surface area contributed by atoms with Crippen LogP contribution in [0.1, 0.15) is 29.7 Å². The molecule has 0 heterocycles. The lowest BCUT2D eigenvalue weighted by atomic mass is 10.1. The molecule has 2 nitrogen and oxygen atoms in total. The Morgan fingerprint density at radius 2 is 1.95 bits per heavy atom. The van der Waals surface area contributed by atoms with E-state index in [0.717, 1.165) is 0 Å². The van der Waals surface area contributed by atoms with Gasteiger partial charge in [-0.3, -0.25) is 0 Å². The molecule has 106 valence electrons. The fraction of sp³-hybridized carbons (Fsp3) is 0.250. The van der Waals surface area contributed by atoms with E-state index >= 15 is 0 Å². The van der Waals surface area contributed by atoms with E-state index in [2.05, 4.69) is 37.4 Å². The van der Waals surface area contributed by atoms with Crippen LogP contribution in [0.4, 0.5) is 0 Å². The summed E-state index contributed by atoms with van der Waals surface area (Å²) in [6.45, 7) is 4.65. The largest absolute Gasteiger partial charge is 0.506 e. The van der Waals surface area contributed by atoms with Crippen molar-refractivity contribution in [3.05, 3.63) is 63.1 Å².